The fourth-order valence-electron chi connectivity index (χ4n) is 3.14. The lowest BCUT2D eigenvalue weighted by Gasteiger charge is -2.19. The maximum Gasteiger partial charge on any atom is 0.190 e. The number of hydrogen-bond acceptors (Lipinski definition) is 2. The minimum absolute atomic E-state index is 0.0214. The Bertz CT molecular complexity index is 805. The third-order valence-corrected chi connectivity index (χ3v) is 4.15. The fraction of sp³-hybridized carbons (Fsp3) is 0.200. The van der Waals surface area contributed by atoms with E-state index in [4.69, 9.17) is 0 Å². The van der Waals surface area contributed by atoms with Crippen LogP contribution in [-0.4, -0.2) is 11.6 Å². The highest BCUT2D eigenvalue weighted by Crippen LogP contribution is 2.28. The summed E-state index contributed by atoms with van der Waals surface area (Å²) < 4.78 is 0. The number of carbonyl (C=O) groups excluding carboxylic acids is 2. The summed E-state index contributed by atoms with van der Waals surface area (Å²) in [5.41, 5.74) is 5.65. The average Bonchev–Trinajstić information content (AvgIpc) is 2.48. The molecule has 0 N–H and O–H groups in total. The van der Waals surface area contributed by atoms with Gasteiger partial charge in [0.1, 0.15) is 0 Å². The van der Waals surface area contributed by atoms with Gasteiger partial charge < -0.3 is 0 Å². The standard InChI is InChI=1S/C20H18O2/c1-12-8-13(2)10-15(9-12)11-18-14(3)19(21)16-6-4-5-7-17(16)20(18)22/h4-10H,11H2,1-3H3. The summed E-state index contributed by atoms with van der Waals surface area (Å²) in [4.78, 5) is 25.2. The van der Waals surface area contributed by atoms with Crippen molar-refractivity contribution in [2.24, 2.45) is 0 Å². The van der Waals surface area contributed by atoms with Crippen LogP contribution >= 0.6 is 0 Å². The SMILES string of the molecule is CC1=C(Cc2cc(C)cc(C)c2)C(=O)c2ccccc2C1=O. The van der Waals surface area contributed by atoms with Crippen molar-refractivity contribution in [3.8, 4) is 0 Å². The van der Waals surface area contributed by atoms with Crippen molar-refractivity contribution in [2.45, 2.75) is 27.2 Å². The Hall–Kier alpha value is -2.48. The van der Waals surface area contributed by atoms with Crippen LogP contribution in [0.25, 0.3) is 0 Å². The Morgan fingerprint density at radius 2 is 1.32 bits per heavy atom. The topological polar surface area (TPSA) is 34.1 Å². The first kappa shape index (κ1) is 14.5. The average molecular weight is 290 g/mol. The number of benzene rings is 2. The van der Waals surface area contributed by atoms with Crippen LogP contribution in [0.4, 0.5) is 0 Å². The number of fused-ring (bicyclic) bond motifs is 1. The van der Waals surface area contributed by atoms with Crippen molar-refractivity contribution in [3.63, 3.8) is 0 Å². The van der Waals surface area contributed by atoms with Crippen LogP contribution in [0.15, 0.2) is 53.6 Å². The fourth-order valence-corrected chi connectivity index (χ4v) is 3.14. The molecule has 0 amide bonds. The van der Waals surface area contributed by atoms with E-state index >= 15 is 0 Å². The molecule has 0 atom stereocenters. The third-order valence-electron chi connectivity index (χ3n) is 4.15. The zero-order chi connectivity index (χ0) is 15.9. The number of allylic oxidation sites excluding steroid dienone is 2. The van der Waals surface area contributed by atoms with E-state index in [0.717, 1.165) is 5.56 Å². The van der Waals surface area contributed by atoms with Gasteiger partial charge in [0.25, 0.3) is 0 Å². The lowest BCUT2D eigenvalue weighted by Crippen LogP contribution is -2.22. The molecule has 0 saturated heterocycles. The van der Waals surface area contributed by atoms with Crippen LogP contribution in [0.3, 0.4) is 0 Å². The largest absolute Gasteiger partial charge is 0.289 e. The van der Waals surface area contributed by atoms with E-state index < -0.39 is 0 Å². The predicted molar refractivity (Wildman–Crippen MR) is 87.4 cm³/mol. The Morgan fingerprint density at radius 3 is 1.91 bits per heavy atom. The highest BCUT2D eigenvalue weighted by molar-refractivity contribution is 6.26. The summed E-state index contributed by atoms with van der Waals surface area (Å²) >= 11 is 0. The monoisotopic (exact) mass is 290 g/mol. The number of hydrogen-bond donors (Lipinski definition) is 0. The summed E-state index contributed by atoms with van der Waals surface area (Å²) in [7, 11) is 0. The Morgan fingerprint density at radius 1 is 0.773 bits per heavy atom. The highest BCUT2D eigenvalue weighted by atomic mass is 16.1. The van der Waals surface area contributed by atoms with E-state index in [1.165, 1.54) is 11.1 Å². The second-order valence-corrected chi connectivity index (χ2v) is 5.98. The Balaban J connectivity index is 2.05. The molecular formula is C20H18O2. The molecule has 0 unspecified atom stereocenters. The molecule has 2 aromatic rings. The Labute approximate surface area is 130 Å². The van der Waals surface area contributed by atoms with E-state index in [0.29, 0.717) is 28.7 Å². The van der Waals surface area contributed by atoms with E-state index in [-0.39, 0.29) is 11.6 Å². The molecule has 0 heterocycles. The molecule has 3 rings (SSSR count). The van der Waals surface area contributed by atoms with E-state index in [9.17, 15) is 9.59 Å². The summed E-state index contributed by atoms with van der Waals surface area (Å²) in [6.07, 6.45) is 0.507. The van der Waals surface area contributed by atoms with Crippen molar-refractivity contribution in [1.82, 2.24) is 0 Å². The number of aryl methyl sites for hydroxylation is 2. The molecule has 0 aliphatic heterocycles. The van der Waals surface area contributed by atoms with Gasteiger partial charge in [-0.05, 0) is 26.3 Å². The zero-order valence-corrected chi connectivity index (χ0v) is 13.1. The van der Waals surface area contributed by atoms with Crippen molar-refractivity contribution in [3.05, 3.63) is 81.4 Å². The molecule has 0 radical (unpaired) electrons. The lowest BCUT2D eigenvalue weighted by atomic mass is 9.82. The van der Waals surface area contributed by atoms with Gasteiger partial charge in [0.15, 0.2) is 11.6 Å². The molecule has 0 spiro atoms. The van der Waals surface area contributed by atoms with Crippen molar-refractivity contribution in [2.75, 3.05) is 0 Å². The summed E-state index contributed by atoms with van der Waals surface area (Å²) in [5.74, 6) is -0.0542. The Kier molecular flexibility index (Phi) is 3.53. The van der Waals surface area contributed by atoms with Crippen molar-refractivity contribution < 1.29 is 9.59 Å². The molecule has 0 aromatic heterocycles. The first-order valence-corrected chi connectivity index (χ1v) is 7.42. The second-order valence-electron chi connectivity index (χ2n) is 5.98. The summed E-state index contributed by atoms with van der Waals surface area (Å²) in [6, 6.07) is 13.3. The van der Waals surface area contributed by atoms with Gasteiger partial charge in [-0.1, -0.05) is 53.6 Å². The second kappa shape index (κ2) is 5.38. The zero-order valence-electron chi connectivity index (χ0n) is 13.1. The smallest absolute Gasteiger partial charge is 0.190 e. The van der Waals surface area contributed by atoms with Gasteiger partial charge in [0.05, 0.1) is 0 Å². The van der Waals surface area contributed by atoms with Gasteiger partial charge in [-0.25, -0.2) is 0 Å². The van der Waals surface area contributed by atoms with Gasteiger partial charge >= 0.3 is 0 Å². The molecule has 2 nitrogen and oxygen atoms in total. The molecule has 2 aromatic carbocycles. The van der Waals surface area contributed by atoms with Gasteiger partial charge in [-0.2, -0.15) is 0 Å². The third kappa shape index (κ3) is 2.41. The summed E-state index contributed by atoms with van der Waals surface area (Å²) in [5, 5.41) is 0. The minimum atomic E-state index is -0.0328. The molecule has 0 saturated carbocycles. The van der Waals surface area contributed by atoms with Gasteiger partial charge in [0, 0.05) is 28.7 Å². The number of rotatable bonds is 2. The maximum absolute atomic E-state index is 12.7. The first-order chi connectivity index (χ1) is 10.5. The van der Waals surface area contributed by atoms with Crippen LogP contribution in [0.1, 0.15) is 44.3 Å². The van der Waals surface area contributed by atoms with Gasteiger partial charge in [-0.15, -0.1) is 0 Å². The van der Waals surface area contributed by atoms with Crippen LogP contribution in [-0.2, 0) is 6.42 Å². The van der Waals surface area contributed by atoms with Crippen LogP contribution < -0.4 is 0 Å². The number of carbonyl (C=O) groups is 2. The van der Waals surface area contributed by atoms with Gasteiger partial charge in [0.2, 0.25) is 0 Å². The van der Waals surface area contributed by atoms with Crippen LogP contribution in [0.5, 0.6) is 0 Å². The molecule has 2 heteroatoms. The molecule has 1 aliphatic rings. The molecular weight excluding hydrogens is 272 g/mol. The van der Waals surface area contributed by atoms with E-state index in [2.05, 4.69) is 18.2 Å². The van der Waals surface area contributed by atoms with Gasteiger partial charge in [-0.3, -0.25) is 9.59 Å². The molecule has 22 heavy (non-hydrogen) atoms. The quantitative estimate of drug-likeness (QED) is 0.829. The molecule has 0 fully saturated rings. The number of Topliss-reactive ketones (excluding diaryl/α,β-unsaturated/α-hetero) is 2. The van der Waals surface area contributed by atoms with Crippen molar-refractivity contribution >= 4 is 11.6 Å². The minimum Gasteiger partial charge on any atom is -0.289 e. The predicted octanol–water partition coefficient (Wildman–Crippen LogP) is 4.24. The maximum atomic E-state index is 12.7. The van der Waals surface area contributed by atoms with Crippen LogP contribution in [0, 0.1) is 13.8 Å². The van der Waals surface area contributed by atoms with Crippen molar-refractivity contribution in [1.29, 1.82) is 0 Å². The molecule has 0 bridgehead atoms. The highest BCUT2D eigenvalue weighted by Gasteiger charge is 2.29. The number of ketones is 2. The van der Waals surface area contributed by atoms with Crippen LogP contribution in [0.2, 0.25) is 0 Å². The first-order valence-electron chi connectivity index (χ1n) is 7.42. The lowest BCUT2D eigenvalue weighted by molar-refractivity contribution is 0.0973. The van der Waals surface area contributed by atoms with E-state index in [1.54, 1.807) is 31.2 Å². The summed E-state index contributed by atoms with van der Waals surface area (Å²) in [6.45, 7) is 5.84. The normalized spacial score (nSPS) is 14.3. The van der Waals surface area contributed by atoms with E-state index in [1.807, 2.05) is 13.8 Å². The molecule has 110 valence electrons. The molecule has 1 aliphatic carbocycles.